The van der Waals surface area contributed by atoms with Crippen LogP contribution in [-0.4, -0.2) is 43.7 Å². The maximum atomic E-state index is 12.7. The molecule has 1 fully saturated rings. The quantitative estimate of drug-likeness (QED) is 0.516. The van der Waals surface area contributed by atoms with E-state index in [4.69, 9.17) is 4.74 Å². The second kappa shape index (κ2) is 8.95. The summed E-state index contributed by atoms with van der Waals surface area (Å²) in [7, 11) is -1.40. The lowest BCUT2D eigenvalue weighted by atomic mass is 10.1. The summed E-state index contributed by atoms with van der Waals surface area (Å²) in [5.74, 6) is 0. The third kappa shape index (κ3) is 6.52. The van der Waals surface area contributed by atoms with Gasteiger partial charge in [0.15, 0.2) is 0 Å². The van der Waals surface area contributed by atoms with E-state index in [1.807, 2.05) is 20.8 Å². The van der Waals surface area contributed by atoms with Gasteiger partial charge >= 0.3 is 6.09 Å². The van der Waals surface area contributed by atoms with E-state index in [1.165, 1.54) is 5.56 Å². The molecule has 0 bridgehead atoms. The predicted molar refractivity (Wildman–Crippen MR) is 130 cm³/mol. The highest BCUT2D eigenvalue weighted by Crippen LogP contribution is 2.50. The van der Waals surface area contributed by atoms with Gasteiger partial charge < -0.3 is 4.74 Å². The third-order valence-electron chi connectivity index (χ3n) is 5.90. The summed E-state index contributed by atoms with van der Waals surface area (Å²) >= 11 is 0. The summed E-state index contributed by atoms with van der Waals surface area (Å²) in [6.45, 7) is 23.9. The number of carbonyl (C=O) groups is 1. The number of aliphatic imine (C=N–C) groups is 1. The molecule has 5 heteroatoms. The Labute approximate surface area is 185 Å². The minimum absolute atomic E-state index is 0.127. The molecule has 2 rings (SSSR count). The van der Waals surface area contributed by atoms with Crippen LogP contribution in [0.15, 0.2) is 35.3 Å². The van der Waals surface area contributed by atoms with Crippen LogP contribution in [0, 0.1) is 0 Å². The van der Waals surface area contributed by atoms with E-state index in [-0.39, 0.29) is 16.1 Å². The number of carbonyl (C=O) groups excluding carboxylic acids is 1. The van der Waals surface area contributed by atoms with Gasteiger partial charge in [0.25, 0.3) is 0 Å². The van der Waals surface area contributed by atoms with Crippen molar-refractivity contribution in [2.24, 2.45) is 4.99 Å². The van der Waals surface area contributed by atoms with Crippen molar-refractivity contribution < 1.29 is 9.53 Å². The Balaban J connectivity index is 2.45. The largest absolute Gasteiger partial charge is 0.442 e. The summed E-state index contributed by atoms with van der Waals surface area (Å²) in [4.78, 5) is 19.8. The molecule has 0 aromatic heterocycles. The third-order valence-corrected chi connectivity index (χ3v) is 11.0. The van der Waals surface area contributed by atoms with Crippen molar-refractivity contribution >= 4 is 20.6 Å². The Morgan fingerprint density at radius 2 is 1.57 bits per heavy atom. The molecule has 1 aromatic carbocycles. The van der Waals surface area contributed by atoms with Crippen molar-refractivity contribution in [3.05, 3.63) is 35.9 Å². The van der Waals surface area contributed by atoms with Crippen LogP contribution in [0.5, 0.6) is 0 Å². The number of nitrogens with zero attached hydrogens (tertiary/aromatic N) is 2. The molecule has 4 nitrogen and oxygen atoms in total. The minimum atomic E-state index is -1.40. The van der Waals surface area contributed by atoms with E-state index in [2.05, 4.69) is 88.7 Å². The monoisotopic (exact) mass is 430 g/mol. The Morgan fingerprint density at radius 1 is 1.03 bits per heavy atom. The predicted octanol–water partition coefficient (Wildman–Crippen LogP) is 6.46. The van der Waals surface area contributed by atoms with Gasteiger partial charge in [-0.1, -0.05) is 71.9 Å². The molecule has 0 spiro atoms. The van der Waals surface area contributed by atoms with Crippen molar-refractivity contribution in [2.45, 2.75) is 103 Å². The van der Waals surface area contributed by atoms with Crippen molar-refractivity contribution in [1.29, 1.82) is 0 Å². The number of rotatable bonds is 3. The molecule has 1 amide bonds. The number of hydrogen-bond acceptors (Lipinski definition) is 3. The Kier molecular flexibility index (Phi) is 7.40. The molecule has 0 unspecified atom stereocenters. The minimum Gasteiger partial charge on any atom is -0.442 e. The fourth-order valence-corrected chi connectivity index (χ4v) is 11.6. The molecule has 1 aliphatic rings. The molecule has 0 saturated carbocycles. The summed E-state index contributed by atoms with van der Waals surface area (Å²) in [5, 5.41) is 0.445. The van der Waals surface area contributed by atoms with Gasteiger partial charge in [0.2, 0.25) is 0 Å². The lowest BCUT2D eigenvalue weighted by molar-refractivity contribution is 0.0603. The zero-order valence-electron chi connectivity index (χ0n) is 20.7. The Bertz CT molecular complexity index is 740. The van der Waals surface area contributed by atoms with Crippen LogP contribution in [0.4, 0.5) is 4.79 Å². The molecule has 0 radical (unpaired) electrons. The van der Waals surface area contributed by atoms with E-state index in [0.717, 1.165) is 18.8 Å². The zero-order valence-corrected chi connectivity index (χ0v) is 21.9. The first-order valence-electron chi connectivity index (χ1n) is 11.2. The van der Waals surface area contributed by atoms with E-state index in [1.54, 1.807) is 0 Å². The fourth-order valence-electron chi connectivity index (χ4n) is 5.37. The van der Waals surface area contributed by atoms with Crippen LogP contribution in [-0.2, 0) is 11.3 Å². The van der Waals surface area contributed by atoms with Gasteiger partial charge in [-0.2, -0.15) is 4.99 Å². The summed E-state index contributed by atoms with van der Waals surface area (Å²) < 4.78 is 5.57. The first kappa shape index (κ1) is 24.8. The number of likely N-dealkylation sites (tertiary alicyclic amines) is 1. The van der Waals surface area contributed by atoms with Gasteiger partial charge in [-0.15, -0.1) is 0 Å². The maximum Gasteiger partial charge on any atom is 0.434 e. The second-order valence-electron chi connectivity index (χ2n) is 11.9. The molecule has 168 valence electrons. The van der Waals surface area contributed by atoms with E-state index >= 15 is 0 Å². The van der Waals surface area contributed by atoms with Gasteiger partial charge in [0, 0.05) is 30.4 Å². The van der Waals surface area contributed by atoms with Crippen LogP contribution in [0.2, 0.25) is 15.6 Å². The van der Waals surface area contributed by atoms with E-state index < -0.39 is 20.5 Å². The van der Waals surface area contributed by atoms with Gasteiger partial charge in [-0.25, -0.2) is 4.79 Å². The number of benzene rings is 1. The smallest absolute Gasteiger partial charge is 0.434 e. The highest BCUT2D eigenvalue weighted by molar-refractivity contribution is 6.71. The lowest BCUT2D eigenvalue weighted by Gasteiger charge is -2.43. The molecule has 30 heavy (non-hydrogen) atoms. The molecule has 0 aliphatic carbocycles. The van der Waals surface area contributed by atoms with Crippen molar-refractivity contribution in [1.82, 2.24) is 4.90 Å². The normalized spacial score (nSPS) is 22.7. The number of ether oxygens (including phenoxy) is 1. The lowest BCUT2D eigenvalue weighted by Crippen LogP contribution is -2.43. The molecule has 2 atom stereocenters. The fraction of sp³-hybridized carbons (Fsp3) is 0.680. The Hall–Kier alpha value is -1.46. The van der Waals surface area contributed by atoms with Crippen LogP contribution in [0.25, 0.3) is 0 Å². The molecule has 0 N–H and O–H groups in total. The van der Waals surface area contributed by atoms with Gasteiger partial charge in [0.05, 0.1) is 8.80 Å². The topological polar surface area (TPSA) is 41.9 Å². The highest BCUT2D eigenvalue weighted by Gasteiger charge is 2.49. The van der Waals surface area contributed by atoms with Crippen molar-refractivity contribution in [3.8, 4) is 0 Å². The summed E-state index contributed by atoms with van der Waals surface area (Å²) in [5.41, 5.74) is 2.14. The van der Waals surface area contributed by atoms with E-state index in [0.29, 0.717) is 5.54 Å². The molecule has 1 heterocycles. The molecule has 1 aliphatic heterocycles. The number of amides is 1. The molecular formula is C25H42N2O2Si. The van der Waals surface area contributed by atoms with Gasteiger partial charge in [-0.05, 0) is 43.3 Å². The van der Waals surface area contributed by atoms with Crippen LogP contribution in [0.1, 0.15) is 74.8 Å². The number of hydrogen-bond donors (Lipinski definition) is 0. The zero-order chi connectivity index (χ0) is 22.9. The second-order valence-corrected chi connectivity index (χ2v) is 17.1. The average molecular weight is 431 g/mol. The maximum absolute atomic E-state index is 12.7. The first-order valence-corrected chi connectivity index (χ1v) is 13.0. The Morgan fingerprint density at radius 3 is 2.03 bits per heavy atom. The van der Waals surface area contributed by atoms with Gasteiger partial charge in [-0.3, -0.25) is 4.90 Å². The summed E-state index contributed by atoms with van der Waals surface area (Å²) in [6.07, 6.45) is -0.452. The highest BCUT2D eigenvalue weighted by atomic mass is 28.3. The van der Waals surface area contributed by atoms with Crippen molar-refractivity contribution in [3.63, 3.8) is 0 Å². The van der Waals surface area contributed by atoms with E-state index in [9.17, 15) is 4.79 Å². The molecule has 1 saturated heterocycles. The SMILES string of the molecule is C[C@H]1C(=NC(=O)OC(C)(C)C)[C@@H]([SiH](C(C)(C)C)C(C)(C)C)CN1Cc1ccccc1. The standard InChI is InChI=1S/C25H42N2O2Si/c1-18-21(26-22(28)29-23(2,3)4)20(30(24(5,6)7)25(8,9)10)17-27(18)16-19-14-12-11-13-15-19/h11-15,18,20,30H,16-17H2,1-10H3/t18-,20-/m0/s1. The van der Waals surface area contributed by atoms with Crippen LogP contribution < -0.4 is 0 Å². The molecule has 1 aromatic rings. The van der Waals surface area contributed by atoms with Gasteiger partial charge in [0.1, 0.15) is 5.60 Å². The molecular weight excluding hydrogens is 388 g/mol. The first-order chi connectivity index (χ1) is 13.6. The summed E-state index contributed by atoms with van der Waals surface area (Å²) in [6, 6.07) is 10.7. The average Bonchev–Trinajstić information content (AvgIpc) is 2.80. The van der Waals surface area contributed by atoms with Crippen LogP contribution >= 0.6 is 0 Å². The van der Waals surface area contributed by atoms with Crippen molar-refractivity contribution in [2.75, 3.05) is 6.54 Å². The van der Waals surface area contributed by atoms with Crippen LogP contribution in [0.3, 0.4) is 0 Å².